The van der Waals surface area contributed by atoms with E-state index in [0.29, 0.717) is 18.5 Å². The highest BCUT2D eigenvalue weighted by molar-refractivity contribution is 5.94. The lowest BCUT2D eigenvalue weighted by Gasteiger charge is -2.21. The maximum absolute atomic E-state index is 11.9. The molecule has 1 aromatic rings. The maximum atomic E-state index is 11.9. The van der Waals surface area contributed by atoms with E-state index in [9.17, 15) is 9.59 Å². The van der Waals surface area contributed by atoms with Crippen LogP contribution in [0.1, 0.15) is 30.6 Å². The van der Waals surface area contributed by atoms with E-state index in [1.807, 2.05) is 13.8 Å². The molecule has 5 heteroatoms. The molecule has 1 fully saturated rings. The Balaban J connectivity index is 1.96. The lowest BCUT2D eigenvalue weighted by atomic mass is 10.2. The summed E-state index contributed by atoms with van der Waals surface area (Å²) in [5.41, 5.74) is 0.570. The molecule has 2 rings (SSSR count). The van der Waals surface area contributed by atoms with Crippen molar-refractivity contribution in [3.05, 3.63) is 30.1 Å². The molecule has 2 amide bonds. The van der Waals surface area contributed by atoms with E-state index in [-0.39, 0.29) is 23.9 Å². The van der Waals surface area contributed by atoms with Crippen molar-refractivity contribution in [2.75, 3.05) is 6.54 Å². The molecule has 1 saturated heterocycles. The summed E-state index contributed by atoms with van der Waals surface area (Å²) >= 11 is 0. The van der Waals surface area contributed by atoms with Gasteiger partial charge in [-0.1, -0.05) is 0 Å². The molecule has 96 valence electrons. The number of likely N-dealkylation sites (tertiary alicyclic amines) is 1. The van der Waals surface area contributed by atoms with Crippen LogP contribution in [-0.4, -0.2) is 40.3 Å². The predicted molar refractivity (Wildman–Crippen MR) is 67.0 cm³/mol. The Morgan fingerprint density at radius 2 is 2.11 bits per heavy atom. The minimum Gasteiger partial charge on any atom is -0.347 e. The van der Waals surface area contributed by atoms with Gasteiger partial charge in [0.1, 0.15) is 0 Å². The first-order chi connectivity index (χ1) is 8.58. The Kier molecular flexibility index (Phi) is 3.60. The summed E-state index contributed by atoms with van der Waals surface area (Å²) in [6, 6.07) is 3.40. The Hall–Kier alpha value is -1.91. The van der Waals surface area contributed by atoms with Crippen LogP contribution >= 0.6 is 0 Å². The number of carbonyl (C=O) groups excluding carboxylic acids is 2. The average Bonchev–Trinajstić information content (AvgIpc) is 2.71. The van der Waals surface area contributed by atoms with Crippen molar-refractivity contribution < 1.29 is 9.59 Å². The molecule has 5 nitrogen and oxygen atoms in total. The normalized spacial score (nSPS) is 19.4. The van der Waals surface area contributed by atoms with E-state index in [2.05, 4.69) is 10.3 Å². The van der Waals surface area contributed by atoms with Gasteiger partial charge < -0.3 is 10.2 Å². The molecule has 1 atom stereocenters. The molecule has 1 N–H and O–H groups in total. The number of aromatic nitrogens is 1. The van der Waals surface area contributed by atoms with Crippen LogP contribution in [0.15, 0.2) is 24.5 Å². The summed E-state index contributed by atoms with van der Waals surface area (Å²) in [6.07, 6.45) is 3.54. The molecule has 1 aliphatic heterocycles. The van der Waals surface area contributed by atoms with E-state index in [0.717, 1.165) is 0 Å². The zero-order valence-corrected chi connectivity index (χ0v) is 10.6. The summed E-state index contributed by atoms with van der Waals surface area (Å²) in [7, 11) is 0. The minimum absolute atomic E-state index is 0.0967. The largest absolute Gasteiger partial charge is 0.347 e. The van der Waals surface area contributed by atoms with E-state index in [1.54, 1.807) is 29.4 Å². The van der Waals surface area contributed by atoms with E-state index >= 15 is 0 Å². The van der Waals surface area contributed by atoms with Gasteiger partial charge in [-0.2, -0.15) is 0 Å². The van der Waals surface area contributed by atoms with Gasteiger partial charge in [-0.3, -0.25) is 14.6 Å². The fraction of sp³-hybridized carbons (Fsp3) is 0.462. The fourth-order valence-electron chi connectivity index (χ4n) is 2.10. The van der Waals surface area contributed by atoms with E-state index in [4.69, 9.17) is 0 Å². The molecule has 18 heavy (non-hydrogen) atoms. The summed E-state index contributed by atoms with van der Waals surface area (Å²) < 4.78 is 0. The molecule has 0 bridgehead atoms. The van der Waals surface area contributed by atoms with Gasteiger partial charge in [0.05, 0.1) is 6.04 Å². The Bertz CT molecular complexity index is 445. The van der Waals surface area contributed by atoms with E-state index in [1.165, 1.54) is 0 Å². The first kappa shape index (κ1) is 12.5. The quantitative estimate of drug-likeness (QED) is 0.860. The van der Waals surface area contributed by atoms with Gasteiger partial charge in [-0.25, -0.2) is 0 Å². The zero-order chi connectivity index (χ0) is 13.1. The molecule has 2 heterocycles. The van der Waals surface area contributed by atoms with Gasteiger partial charge in [0.15, 0.2) is 0 Å². The van der Waals surface area contributed by atoms with Gasteiger partial charge in [0, 0.05) is 37.0 Å². The van der Waals surface area contributed by atoms with Gasteiger partial charge in [-0.05, 0) is 26.0 Å². The standard InChI is InChI=1S/C13H17N3O2/c1-9(2)16-8-11(7-12(16)17)15-13(18)10-3-5-14-6-4-10/h3-6,9,11H,7-8H2,1-2H3,(H,15,18). The first-order valence-corrected chi connectivity index (χ1v) is 6.08. The van der Waals surface area contributed by atoms with Crippen molar-refractivity contribution in [2.45, 2.75) is 32.4 Å². The molecule has 0 spiro atoms. The fourth-order valence-corrected chi connectivity index (χ4v) is 2.10. The number of carbonyl (C=O) groups is 2. The summed E-state index contributed by atoms with van der Waals surface area (Å²) in [6.45, 7) is 4.54. The third-order valence-electron chi connectivity index (χ3n) is 3.06. The SMILES string of the molecule is CC(C)N1CC(NC(=O)c2ccncc2)CC1=O. The number of nitrogens with one attached hydrogen (secondary N) is 1. The zero-order valence-electron chi connectivity index (χ0n) is 10.6. The lowest BCUT2D eigenvalue weighted by Crippen LogP contribution is -2.38. The van der Waals surface area contributed by atoms with Crippen molar-refractivity contribution in [3.8, 4) is 0 Å². The smallest absolute Gasteiger partial charge is 0.251 e. The van der Waals surface area contributed by atoms with Crippen LogP contribution in [0, 0.1) is 0 Å². The van der Waals surface area contributed by atoms with E-state index < -0.39 is 0 Å². The predicted octanol–water partition coefficient (Wildman–Crippen LogP) is 0.821. The van der Waals surface area contributed by atoms with Crippen molar-refractivity contribution in [1.29, 1.82) is 0 Å². The lowest BCUT2D eigenvalue weighted by molar-refractivity contribution is -0.129. The Morgan fingerprint density at radius 1 is 1.44 bits per heavy atom. The molecule has 0 radical (unpaired) electrons. The highest BCUT2D eigenvalue weighted by atomic mass is 16.2. The number of rotatable bonds is 3. The third kappa shape index (κ3) is 2.67. The third-order valence-corrected chi connectivity index (χ3v) is 3.06. The molecule has 1 aromatic heterocycles. The summed E-state index contributed by atoms with van der Waals surface area (Å²) in [4.78, 5) is 29.3. The average molecular weight is 247 g/mol. The van der Waals surface area contributed by atoms with Crippen LogP contribution in [0.25, 0.3) is 0 Å². The van der Waals surface area contributed by atoms with Crippen molar-refractivity contribution in [1.82, 2.24) is 15.2 Å². The van der Waals surface area contributed by atoms with Crippen LogP contribution in [0.3, 0.4) is 0 Å². The second kappa shape index (κ2) is 5.16. The van der Waals surface area contributed by atoms with Crippen LogP contribution in [-0.2, 0) is 4.79 Å². The monoisotopic (exact) mass is 247 g/mol. The number of amides is 2. The highest BCUT2D eigenvalue weighted by Crippen LogP contribution is 2.14. The van der Waals surface area contributed by atoms with Crippen LogP contribution in [0.5, 0.6) is 0 Å². The summed E-state index contributed by atoms with van der Waals surface area (Å²) in [5.74, 6) is -0.0502. The van der Waals surface area contributed by atoms with Crippen molar-refractivity contribution >= 4 is 11.8 Å². The maximum Gasteiger partial charge on any atom is 0.251 e. The van der Waals surface area contributed by atoms with Gasteiger partial charge in [0.25, 0.3) is 5.91 Å². The number of nitrogens with zero attached hydrogens (tertiary/aromatic N) is 2. The van der Waals surface area contributed by atoms with Crippen molar-refractivity contribution in [2.24, 2.45) is 0 Å². The number of hydrogen-bond donors (Lipinski definition) is 1. The van der Waals surface area contributed by atoms with Crippen LogP contribution in [0.4, 0.5) is 0 Å². The first-order valence-electron chi connectivity index (χ1n) is 6.08. The molecule has 0 saturated carbocycles. The minimum atomic E-state index is -0.152. The number of hydrogen-bond acceptors (Lipinski definition) is 3. The van der Waals surface area contributed by atoms with Crippen LogP contribution < -0.4 is 5.32 Å². The Morgan fingerprint density at radius 3 is 2.67 bits per heavy atom. The second-order valence-electron chi connectivity index (χ2n) is 4.75. The van der Waals surface area contributed by atoms with Crippen molar-refractivity contribution in [3.63, 3.8) is 0 Å². The molecule has 0 aromatic carbocycles. The second-order valence-corrected chi connectivity index (χ2v) is 4.75. The highest BCUT2D eigenvalue weighted by Gasteiger charge is 2.31. The van der Waals surface area contributed by atoms with Gasteiger partial charge in [0.2, 0.25) is 5.91 Å². The molecule has 1 aliphatic rings. The molecule has 1 unspecified atom stereocenters. The topological polar surface area (TPSA) is 62.3 Å². The van der Waals surface area contributed by atoms with Gasteiger partial charge in [-0.15, -0.1) is 0 Å². The molecular weight excluding hydrogens is 230 g/mol. The molecule has 0 aliphatic carbocycles. The number of pyridine rings is 1. The summed E-state index contributed by atoms with van der Waals surface area (Å²) in [5, 5.41) is 2.88. The van der Waals surface area contributed by atoms with Crippen LogP contribution in [0.2, 0.25) is 0 Å². The van der Waals surface area contributed by atoms with Gasteiger partial charge >= 0.3 is 0 Å². The Labute approximate surface area is 106 Å². The molecular formula is C13H17N3O2.